The summed E-state index contributed by atoms with van der Waals surface area (Å²) in [4.78, 5) is 25.4. The predicted octanol–water partition coefficient (Wildman–Crippen LogP) is 3.38. The third-order valence-corrected chi connectivity index (χ3v) is 5.17. The van der Waals surface area contributed by atoms with Gasteiger partial charge in [0.25, 0.3) is 5.91 Å². The van der Waals surface area contributed by atoms with E-state index in [0.29, 0.717) is 23.6 Å². The number of rotatable bonds is 6. The molecule has 0 aromatic heterocycles. The molecule has 0 radical (unpaired) electrons. The van der Waals surface area contributed by atoms with Gasteiger partial charge in [-0.3, -0.25) is 10.2 Å². The molecule has 0 spiro atoms. The molecule has 28 heavy (non-hydrogen) atoms. The Morgan fingerprint density at radius 3 is 2.75 bits per heavy atom. The van der Waals surface area contributed by atoms with Crippen LogP contribution in [0.2, 0.25) is 0 Å². The van der Waals surface area contributed by atoms with Gasteiger partial charge in [0.2, 0.25) is 0 Å². The summed E-state index contributed by atoms with van der Waals surface area (Å²) in [5, 5.41) is 6.74. The van der Waals surface area contributed by atoms with Crippen LogP contribution in [0.3, 0.4) is 0 Å². The molecule has 1 aliphatic heterocycles. The summed E-state index contributed by atoms with van der Waals surface area (Å²) >= 11 is 1.69. The van der Waals surface area contributed by atoms with Gasteiger partial charge in [0.05, 0.1) is 7.11 Å². The van der Waals surface area contributed by atoms with Crippen molar-refractivity contribution in [2.24, 2.45) is 5.10 Å². The molecule has 0 bridgehead atoms. The fourth-order valence-electron chi connectivity index (χ4n) is 2.67. The first-order chi connectivity index (χ1) is 13.6. The van der Waals surface area contributed by atoms with Crippen molar-refractivity contribution in [3.8, 4) is 0 Å². The minimum absolute atomic E-state index is 0.226. The number of ether oxygens (including phenoxy) is 1. The first kappa shape index (κ1) is 19.7. The minimum atomic E-state index is -0.493. The second kappa shape index (κ2) is 9.23. The first-order valence-corrected chi connectivity index (χ1v) is 9.75. The van der Waals surface area contributed by atoms with Crippen molar-refractivity contribution < 1.29 is 14.3 Å². The molecular weight excluding hydrogens is 374 g/mol. The molecule has 144 valence electrons. The van der Waals surface area contributed by atoms with Crippen LogP contribution in [-0.4, -0.2) is 24.7 Å². The van der Waals surface area contributed by atoms with Crippen molar-refractivity contribution in [2.75, 3.05) is 7.11 Å². The quantitative estimate of drug-likeness (QED) is 0.579. The molecule has 0 aliphatic carbocycles. The highest BCUT2D eigenvalue weighted by atomic mass is 32.2. The number of carbonyl (C=O) groups excluding carboxylic acids is 2. The highest BCUT2D eigenvalue weighted by Gasteiger charge is 2.17. The minimum Gasteiger partial charge on any atom is -0.464 e. The van der Waals surface area contributed by atoms with Crippen LogP contribution in [0.5, 0.6) is 0 Å². The zero-order chi connectivity index (χ0) is 19.9. The summed E-state index contributed by atoms with van der Waals surface area (Å²) in [7, 11) is 1.30. The van der Waals surface area contributed by atoms with Gasteiger partial charge in [-0.1, -0.05) is 35.9 Å². The zero-order valence-electron chi connectivity index (χ0n) is 15.7. The number of carbonyl (C=O) groups is 2. The van der Waals surface area contributed by atoms with E-state index in [2.05, 4.69) is 45.7 Å². The van der Waals surface area contributed by atoms with Crippen LogP contribution in [-0.2, 0) is 15.3 Å². The lowest BCUT2D eigenvalue weighted by Gasteiger charge is -2.15. The van der Waals surface area contributed by atoms with Crippen molar-refractivity contribution in [3.63, 3.8) is 0 Å². The highest BCUT2D eigenvalue weighted by Crippen LogP contribution is 2.25. The van der Waals surface area contributed by atoms with E-state index in [4.69, 9.17) is 0 Å². The number of hydrazone groups is 1. The topological polar surface area (TPSA) is 79.8 Å². The van der Waals surface area contributed by atoms with Gasteiger partial charge < -0.3 is 10.1 Å². The van der Waals surface area contributed by atoms with Gasteiger partial charge >= 0.3 is 5.97 Å². The third-order valence-electron chi connectivity index (χ3n) is 4.13. The van der Waals surface area contributed by atoms with Gasteiger partial charge in [-0.2, -0.15) is 5.10 Å². The summed E-state index contributed by atoms with van der Waals surface area (Å²) in [5.41, 5.74) is 5.70. The predicted molar refractivity (Wildman–Crippen MR) is 110 cm³/mol. The smallest absolute Gasteiger partial charge is 0.354 e. The molecule has 2 aromatic carbocycles. The molecule has 1 aliphatic rings. The first-order valence-electron chi connectivity index (χ1n) is 8.76. The Balaban J connectivity index is 1.65. The number of hydrogen-bond donors (Lipinski definition) is 2. The number of hydrogen-bond acceptors (Lipinski definition) is 6. The second-order valence-corrected chi connectivity index (χ2v) is 7.25. The van der Waals surface area contributed by atoms with Gasteiger partial charge in [0.15, 0.2) is 0 Å². The van der Waals surface area contributed by atoms with Crippen LogP contribution >= 0.6 is 11.8 Å². The van der Waals surface area contributed by atoms with E-state index in [-0.39, 0.29) is 11.6 Å². The van der Waals surface area contributed by atoms with Crippen molar-refractivity contribution in [1.82, 2.24) is 10.7 Å². The Labute approximate surface area is 168 Å². The van der Waals surface area contributed by atoms with Crippen LogP contribution in [0.25, 0.3) is 0 Å². The van der Waals surface area contributed by atoms with Gasteiger partial charge in [-0.15, -0.1) is 11.8 Å². The van der Waals surface area contributed by atoms with Gasteiger partial charge in [-0.25, -0.2) is 4.79 Å². The molecule has 3 rings (SSSR count). The monoisotopic (exact) mass is 395 g/mol. The molecule has 0 unspecified atom stereocenters. The van der Waals surface area contributed by atoms with Crippen LogP contribution < -0.4 is 10.7 Å². The average Bonchev–Trinajstić information content (AvgIpc) is 2.72. The Morgan fingerprint density at radius 2 is 2.04 bits per heavy atom. The van der Waals surface area contributed by atoms with Crippen molar-refractivity contribution in [1.29, 1.82) is 0 Å². The number of thioether (sulfide) groups is 1. The van der Waals surface area contributed by atoms with E-state index in [1.165, 1.54) is 12.7 Å². The summed E-state index contributed by atoms with van der Waals surface area (Å²) in [6, 6.07) is 15.8. The number of nitrogens with zero attached hydrogens (tertiary/aromatic N) is 1. The lowest BCUT2D eigenvalue weighted by molar-refractivity contribution is -0.132. The molecular formula is C21H21N3O3S. The van der Waals surface area contributed by atoms with E-state index >= 15 is 0 Å². The van der Waals surface area contributed by atoms with E-state index in [1.54, 1.807) is 23.9 Å². The van der Waals surface area contributed by atoms with Gasteiger partial charge in [0, 0.05) is 22.6 Å². The number of benzene rings is 2. The maximum atomic E-state index is 12.7. The normalized spacial score (nSPS) is 13.1. The van der Waals surface area contributed by atoms with E-state index in [0.717, 1.165) is 10.5 Å². The van der Waals surface area contributed by atoms with E-state index in [1.807, 2.05) is 24.3 Å². The SMILES string of the molecule is COC(=O)C1=NNC(NC(=O)c2ccccc2CSc2cccc(C)c2)=CC1. The lowest BCUT2D eigenvalue weighted by atomic mass is 10.1. The van der Waals surface area contributed by atoms with E-state index in [9.17, 15) is 9.59 Å². The van der Waals surface area contributed by atoms with Crippen molar-refractivity contribution in [2.45, 2.75) is 24.0 Å². The Kier molecular flexibility index (Phi) is 6.49. The second-order valence-electron chi connectivity index (χ2n) is 6.20. The number of methoxy groups -OCH3 is 1. The third kappa shape index (κ3) is 5.01. The molecule has 1 amide bonds. The molecule has 1 heterocycles. The van der Waals surface area contributed by atoms with Crippen LogP contribution in [0.4, 0.5) is 0 Å². The van der Waals surface area contributed by atoms with Crippen molar-refractivity contribution >= 4 is 29.4 Å². The number of amides is 1. The highest BCUT2D eigenvalue weighted by molar-refractivity contribution is 7.98. The van der Waals surface area contributed by atoms with Crippen LogP contribution in [0, 0.1) is 6.92 Å². The maximum absolute atomic E-state index is 12.7. The van der Waals surface area contributed by atoms with Crippen LogP contribution in [0.15, 0.2) is 70.4 Å². The maximum Gasteiger partial charge on any atom is 0.354 e. The van der Waals surface area contributed by atoms with Gasteiger partial charge in [-0.05, 0) is 36.8 Å². The van der Waals surface area contributed by atoms with E-state index < -0.39 is 5.97 Å². The number of aryl methyl sites for hydroxylation is 1. The summed E-state index contributed by atoms with van der Waals surface area (Å²) < 4.78 is 4.63. The fourth-order valence-corrected chi connectivity index (χ4v) is 3.68. The molecule has 2 aromatic rings. The summed E-state index contributed by atoms with van der Waals surface area (Å²) in [6.45, 7) is 2.06. The summed E-state index contributed by atoms with van der Waals surface area (Å²) in [6.07, 6.45) is 1.99. The van der Waals surface area contributed by atoms with Gasteiger partial charge in [0.1, 0.15) is 11.5 Å². The largest absolute Gasteiger partial charge is 0.464 e. The molecule has 2 N–H and O–H groups in total. The molecule has 7 heteroatoms. The molecule has 0 atom stereocenters. The lowest BCUT2D eigenvalue weighted by Crippen LogP contribution is -2.33. The summed E-state index contributed by atoms with van der Waals surface area (Å²) in [5.74, 6) is 0.409. The fraction of sp³-hybridized carbons (Fsp3) is 0.190. The molecule has 0 fully saturated rings. The average molecular weight is 395 g/mol. The number of nitrogens with one attached hydrogen (secondary N) is 2. The molecule has 0 saturated carbocycles. The number of esters is 1. The Hall–Kier alpha value is -3.06. The Bertz CT molecular complexity index is 953. The van der Waals surface area contributed by atoms with Crippen LogP contribution in [0.1, 0.15) is 27.9 Å². The van der Waals surface area contributed by atoms with Crippen molar-refractivity contribution in [3.05, 3.63) is 77.1 Å². The molecule has 6 nitrogen and oxygen atoms in total. The molecule has 0 saturated heterocycles. The Morgan fingerprint density at radius 1 is 1.21 bits per heavy atom. The standard InChI is InChI=1S/C21H21N3O3S/c1-14-6-5-8-16(12-14)28-13-15-7-3-4-9-17(15)20(25)22-19-11-10-18(23-24-19)21(26)27-2/h3-9,11-12,24H,10,13H2,1-2H3,(H,22,25). The number of allylic oxidation sites excluding steroid dienone is 1. The zero-order valence-corrected chi connectivity index (χ0v) is 16.5.